The lowest BCUT2D eigenvalue weighted by Gasteiger charge is -2.12. The Morgan fingerprint density at radius 1 is 1.28 bits per heavy atom. The Kier molecular flexibility index (Phi) is 3.03. The van der Waals surface area contributed by atoms with Gasteiger partial charge < -0.3 is 15.2 Å². The van der Waals surface area contributed by atoms with Crippen molar-refractivity contribution < 1.29 is 14.3 Å². The van der Waals surface area contributed by atoms with Gasteiger partial charge in [0, 0.05) is 0 Å². The van der Waals surface area contributed by atoms with Crippen LogP contribution in [0.4, 0.5) is 0 Å². The van der Waals surface area contributed by atoms with Crippen LogP contribution in [0.5, 0.6) is 11.5 Å². The van der Waals surface area contributed by atoms with E-state index in [1.54, 1.807) is 24.3 Å². The number of ether oxygens (including phenoxy) is 2. The molecular formula is C12H9N3O3. The number of nitrogens with two attached hydrogens (primary N) is 1. The van der Waals surface area contributed by atoms with Crippen LogP contribution in [0.2, 0.25) is 0 Å². The molecule has 6 heteroatoms. The first-order valence-corrected chi connectivity index (χ1v) is 5.15. The summed E-state index contributed by atoms with van der Waals surface area (Å²) < 4.78 is 10.3. The zero-order valence-corrected chi connectivity index (χ0v) is 9.29. The van der Waals surface area contributed by atoms with Gasteiger partial charge in [0.05, 0.1) is 18.1 Å². The molecule has 1 heterocycles. The highest BCUT2D eigenvalue weighted by Gasteiger charge is 2.29. The third-order valence-corrected chi connectivity index (χ3v) is 2.67. The first kappa shape index (κ1) is 11.7. The van der Waals surface area contributed by atoms with Gasteiger partial charge in [-0.3, -0.25) is 4.79 Å². The highest BCUT2D eigenvalue weighted by atomic mass is 16.7. The van der Waals surface area contributed by atoms with Crippen LogP contribution >= 0.6 is 0 Å². The van der Waals surface area contributed by atoms with E-state index >= 15 is 0 Å². The molecule has 0 saturated heterocycles. The summed E-state index contributed by atoms with van der Waals surface area (Å²) in [5.74, 6) is -1.85. The van der Waals surface area contributed by atoms with Crippen molar-refractivity contribution >= 4 is 5.91 Å². The number of fused-ring (bicyclic) bond motifs is 1. The van der Waals surface area contributed by atoms with Gasteiger partial charge in [-0.2, -0.15) is 10.5 Å². The van der Waals surface area contributed by atoms with Crippen LogP contribution in [0.15, 0.2) is 18.2 Å². The number of benzene rings is 1. The van der Waals surface area contributed by atoms with Gasteiger partial charge in [0.2, 0.25) is 12.7 Å². The lowest BCUT2D eigenvalue weighted by molar-refractivity contribution is -0.120. The van der Waals surface area contributed by atoms with Crippen LogP contribution in [-0.2, 0) is 4.79 Å². The van der Waals surface area contributed by atoms with E-state index in [0.717, 1.165) is 0 Å². The van der Waals surface area contributed by atoms with Crippen molar-refractivity contribution in [1.82, 2.24) is 0 Å². The predicted molar refractivity (Wildman–Crippen MR) is 59.2 cm³/mol. The fourth-order valence-electron chi connectivity index (χ4n) is 1.75. The molecule has 0 spiro atoms. The summed E-state index contributed by atoms with van der Waals surface area (Å²) >= 11 is 0. The van der Waals surface area contributed by atoms with Crippen molar-refractivity contribution in [3.63, 3.8) is 0 Å². The van der Waals surface area contributed by atoms with Crippen molar-refractivity contribution in [1.29, 1.82) is 10.5 Å². The van der Waals surface area contributed by atoms with Gasteiger partial charge in [-0.1, -0.05) is 6.07 Å². The Hall–Kier alpha value is -2.73. The molecule has 0 aromatic heterocycles. The maximum atomic E-state index is 11.1. The normalized spacial score (nSPS) is 15.2. The number of nitrogens with zero attached hydrogens (tertiary/aromatic N) is 2. The second kappa shape index (κ2) is 4.64. The van der Waals surface area contributed by atoms with Gasteiger partial charge in [0.1, 0.15) is 5.92 Å². The molecule has 2 atom stereocenters. The summed E-state index contributed by atoms with van der Waals surface area (Å²) in [4.78, 5) is 11.1. The van der Waals surface area contributed by atoms with E-state index in [9.17, 15) is 4.79 Å². The Balaban J connectivity index is 2.37. The topological polar surface area (TPSA) is 109 Å². The van der Waals surface area contributed by atoms with Crippen molar-refractivity contribution in [2.24, 2.45) is 11.7 Å². The summed E-state index contributed by atoms with van der Waals surface area (Å²) in [6.45, 7) is 0.119. The number of amides is 1. The van der Waals surface area contributed by atoms with Gasteiger partial charge in [0.15, 0.2) is 11.5 Å². The molecule has 0 aliphatic carbocycles. The first-order valence-electron chi connectivity index (χ1n) is 5.15. The number of carbonyl (C=O) groups is 1. The van der Waals surface area contributed by atoms with Gasteiger partial charge in [-0.25, -0.2) is 0 Å². The Morgan fingerprint density at radius 3 is 2.61 bits per heavy atom. The molecular weight excluding hydrogens is 234 g/mol. The number of hydrogen-bond donors (Lipinski definition) is 1. The van der Waals surface area contributed by atoms with E-state index in [1.165, 1.54) is 0 Å². The van der Waals surface area contributed by atoms with Gasteiger partial charge in [-0.05, 0) is 17.7 Å². The minimum absolute atomic E-state index is 0.119. The number of rotatable bonds is 3. The van der Waals surface area contributed by atoms with Crippen LogP contribution in [0.1, 0.15) is 11.5 Å². The molecule has 1 aromatic rings. The van der Waals surface area contributed by atoms with E-state index < -0.39 is 17.7 Å². The number of hydrogen-bond acceptors (Lipinski definition) is 5. The standard InChI is InChI=1S/C12H9N3O3/c13-4-8(9(5-14)12(15)16)7-1-2-10-11(3-7)18-6-17-10/h1-3,8-9H,6H2,(H2,15,16). The zero-order chi connectivity index (χ0) is 13.1. The first-order chi connectivity index (χ1) is 8.67. The Labute approximate surface area is 103 Å². The van der Waals surface area contributed by atoms with Gasteiger partial charge in [-0.15, -0.1) is 0 Å². The lowest BCUT2D eigenvalue weighted by Crippen LogP contribution is -2.27. The summed E-state index contributed by atoms with van der Waals surface area (Å²) in [6, 6.07) is 8.51. The molecule has 2 N–H and O–H groups in total. The Bertz CT molecular complexity index is 571. The maximum absolute atomic E-state index is 11.1. The quantitative estimate of drug-likeness (QED) is 0.838. The average molecular weight is 243 g/mol. The fourth-order valence-corrected chi connectivity index (χ4v) is 1.75. The minimum Gasteiger partial charge on any atom is -0.454 e. The largest absolute Gasteiger partial charge is 0.454 e. The maximum Gasteiger partial charge on any atom is 0.236 e. The third kappa shape index (κ3) is 1.92. The molecule has 2 unspecified atom stereocenters. The van der Waals surface area contributed by atoms with Gasteiger partial charge >= 0.3 is 0 Å². The summed E-state index contributed by atoms with van der Waals surface area (Å²) in [5.41, 5.74) is 5.61. The fraction of sp³-hybridized carbons (Fsp3) is 0.250. The van der Waals surface area contributed by atoms with Crippen molar-refractivity contribution in [2.75, 3.05) is 6.79 Å². The SMILES string of the molecule is N#CC(C(N)=O)C(C#N)c1ccc2c(c1)OCO2. The summed E-state index contributed by atoms with van der Waals surface area (Å²) in [7, 11) is 0. The third-order valence-electron chi connectivity index (χ3n) is 2.67. The number of carbonyl (C=O) groups excluding carboxylic acids is 1. The van der Waals surface area contributed by atoms with Crippen molar-refractivity contribution in [3.05, 3.63) is 23.8 Å². The Morgan fingerprint density at radius 2 is 2.00 bits per heavy atom. The highest BCUT2D eigenvalue weighted by Crippen LogP contribution is 2.36. The van der Waals surface area contributed by atoms with Crippen molar-refractivity contribution in [3.8, 4) is 23.6 Å². The molecule has 0 fully saturated rings. The van der Waals surface area contributed by atoms with Crippen LogP contribution in [0.3, 0.4) is 0 Å². The molecule has 1 aliphatic rings. The zero-order valence-electron chi connectivity index (χ0n) is 9.29. The smallest absolute Gasteiger partial charge is 0.236 e. The summed E-state index contributed by atoms with van der Waals surface area (Å²) in [5, 5.41) is 18.0. The molecule has 1 amide bonds. The van der Waals surface area contributed by atoms with E-state index in [-0.39, 0.29) is 6.79 Å². The lowest BCUT2D eigenvalue weighted by atomic mass is 9.87. The second-order valence-electron chi connectivity index (χ2n) is 3.73. The monoisotopic (exact) mass is 243 g/mol. The second-order valence-corrected chi connectivity index (χ2v) is 3.73. The molecule has 0 bridgehead atoms. The molecule has 6 nitrogen and oxygen atoms in total. The minimum atomic E-state index is -1.18. The van der Waals surface area contributed by atoms with Crippen molar-refractivity contribution in [2.45, 2.75) is 5.92 Å². The van der Waals surface area contributed by atoms with E-state index in [4.69, 9.17) is 25.7 Å². The average Bonchev–Trinajstić information content (AvgIpc) is 2.82. The predicted octanol–water partition coefficient (Wildman–Crippen LogP) is 0.648. The number of primary amides is 1. The van der Waals surface area contributed by atoms with E-state index in [2.05, 4.69) is 0 Å². The van der Waals surface area contributed by atoms with Crippen LogP contribution in [-0.4, -0.2) is 12.7 Å². The molecule has 2 rings (SSSR count). The molecule has 1 aromatic carbocycles. The van der Waals surface area contributed by atoms with E-state index in [0.29, 0.717) is 17.1 Å². The molecule has 1 aliphatic heterocycles. The van der Waals surface area contributed by atoms with E-state index in [1.807, 2.05) is 6.07 Å². The van der Waals surface area contributed by atoms with Crippen LogP contribution in [0.25, 0.3) is 0 Å². The molecule has 0 radical (unpaired) electrons. The van der Waals surface area contributed by atoms with Crippen LogP contribution in [0, 0.1) is 28.6 Å². The van der Waals surface area contributed by atoms with Gasteiger partial charge in [0.25, 0.3) is 0 Å². The molecule has 18 heavy (non-hydrogen) atoms. The van der Waals surface area contributed by atoms with Crippen LogP contribution < -0.4 is 15.2 Å². The molecule has 0 saturated carbocycles. The highest BCUT2D eigenvalue weighted by molar-refractivity contribution is 5.81. The number of nitriles is 2. The summed E-state index contributed by atoms with van der Waals surface area (Å²) in [6.07, 6.45) is 0. The molecule has 90 valence electrons.